The molecule has 2 rings (SSSR count). The summed E-state index contributed by atoms with van der Waals surface area (Å²) >= 11 is 3.24. The Labute approximate surface area is 102 Å². The van der Waals surface area contributed by atoms with Gasteiger partial charge < -0.3 is 0 Å². The van der Waals surface area contributed by atoms with Crippen molar-refractivity contribution in [2.45, 2.75) is 0 Å². The van der Waals surface area contributed by atoms with E-state index in [4.69, 9.17) is 0 Å². The van der Waals surface area contributed by atoms with E-state index >= 15 is 0 Å². The van der Waals surface area contributed by atoms with Gasteiger partial charge in [0.05, 0.1) is 0 Å². The molecule has 0 aliphatic rings. The second-order valence-electron chi connectivity index (χ2n) is 3.10. The van der Waals surface area contributed by atoms with Crippen LogP contribution in [-0.2, 0) is 4.79 Å². The van der Waals surface area contributed by atoms with Crippen molar-refractivity contribution >= 4 is 40.6 Å². The third-order valence-corrected chi connectivity index (χ3v) is 3.59. The quantitative estimate of drug-likeness (QED) is 0.742. The molecule has 0 unspecified atom stereocenters. The van der Waals surface area contributed by atoms with Gasteiger partial charge in [0.2, 0.25) is 0 Å². The largest absolute Gasteiger partial charge is 0.290 e. The van der Waals surface area contributed by atoms with E-state index in [1.165, 1.54) is 0 Å². The van der Waals surface area contributed by atoms with Crippen LogP contribution in [0.3, 0.4) is 0 Å². The zero-order chi connectivity index (χ0) is 11.2. The van der Waals surface area contributed by atoms with Gasteiger partial charge in [-0.1, -0.05) is 12.1 Å². The summed E-state index contributed by atoms with van der Waals surface area (Å²) in [6.45, 7) is 0. The number of hydrogen-bond acceptors (Lipinski definition) is 3. The van der Waals surface area contributed by atoms with Crippen molar-refractivity contribution in [2.24, 2.45) is 0 Å². The molecule has 0 amide bonds. The van der Waals surface area contributed by atoms with E-state index in [0.29, 0.717) is 0 Å². The molecule has 0 radical (unpaired) electrons. The minimum Gasteiger partial charge on any atom is -0.290 e. The van der Waals surface area contributed by atoms with Gasteiger partial charge in [0.1, 0.15) is 0 Å². The van der Waals surface area contributed by atoms with Crippen molar-refractivity contribution in [2.75, 3.05) is 0 Å². The Morgan fingerprint density at radius 1 is 0.938 bits per heavy atom. The van der Waals surface area contributed by atoms with Crippen LogP contribution in [0.4, 0.5) is 0 Å². The van der Waals surface area contributed by atoms with Crippen LogP contribution in [0.2, 0.25) is 0 Å². The first kappa shape index (κ1) is 11.0. The molecule has 0 bridgehead atoms. The number of hydrogen-bond donors (Lipinski definition) is 0. The summed E-state index contributed by atoms with van der Waals surface area (Å²) in [5.74, 6) is 0.0156. The van der Waals surface area contributed by atoms with Gasteiger partial charge in [0, 0.05) is 9.75 Å². The molecule has 0 saturated carbocycles. The maximum Gasteiger partial charge on any atom is 0.178 e. The van der Waals surface area contributed by atoms with E-state index in [0.717, 1.165) is 9.75 Å². The third-order valence-electron chi connectivity index (χ3n) is 1.91. The van der Waals surface area contributed by atoms with E-state index in [1.54, 1.807) is 34.8 Å². The molecule has 2 heterocycles. The van der Waals surface area contributed by atoms with Crippen LogP contribution >= 0.6 is 22.7 Å². The summed E-state index contributed by atoms with van der Waals surface area (Å²) in [4.78, 5) is 13.7. The fourth-order valence-electron chi connectivity index (χ4n) is 1.16. The maximum atomic E-state index is 11.5. The molecule has 16 heavy (non-hydrogen) atoms. The molecule has 3 heteroatoms. The van der Waals surface area contributed by atoms with Gasteiger partial charge >= 0.3 is 0 Å². The van der Waals surface area contributed by atoms with Crippen LogP contribution in [0.5, 0.6) is 0 Å². The molecule has 2 aromatic heterocycles. The van der Waals surface area contributed by atoms with Crippen molar-refractivity contribution in [3.63, 3.8) is 0 Å². The van der Waals surface area contributed by atoms with Gasteiger partial charge in [0.15, 0.2) is 5.78 Å². The van der Waals surface area contributed by atoms with Gasteiger partial charge in [-0.3, -0.25) is 4.79 Å². The molecule has 0 atom stereocenters. The molecular weight excluding hydrogens is 236 g/mol. The first-order valence-corrected chi connectivity index (χ1v) is 6.58. The fourth-order valence-corrected chi connectivity index (χ4v) is 2.39. The number of rotatable bonds is 4. The van der Waals surface area contributed by atoms with Gasteiger partial charge in [-0.2, -0.15) is 0 Å². The van der Waals surface area contributed by atoms with Crippen LogP contribution in [-0.4, -0.2) is 5.78 Å². The number of carbonyl (C=O) groups is 1. The smallest absolute Gasteiger partial charge is 0.178 e. The third kappa shape index (κ3) is 3.29. The Balaban J connectivity index is 1.94. The van der Waals surface area contributed by atoms with E-state index in [1.807, 2.05) is 47.2 Å². The van der Waals surface area contributed by atoms with Crippen molar-refractivity contribution in [1.29, 1.82) is 0 Å². The molecule has 0 saturated heterocycles. The van der Waals surface area contributed by atoms with Gasteiger partial charge in [-0.15, -0.1) is 22.7 Å². The molecule has 0 fully saturated rings. The molecular formula is C13H10OS2. The maximum absolute atomic E-state index is 11.5. The topological polar surface area (TPSA) is 17.1 Å². The predicted octanol–water partition coefficient (Wildman–Crippen LogP) is 4.11. The highest BCUT2D eigenvalue weighted by Crippen LogP contribution is 2.12. The van der Waals surface area contributed by atoms with Crippen molar-refractivity contribution in [3.8, 4) is 0 Å². The molecule has 0 aromatic carbocycles. The normalized spacial score (nSPS) is 11.5. The molecule has 0 N–H and O–H groups in total. The number of thiophene rings is 2. The van der Waals surface area contributed by atoms with Crippen molar-refractivity contribution in [1.82, 2.24) is 0 Å². The number of allylic oxidation sites excluding steroid dienone is 2. The van der Waals surface area contributed by atoms with E-state index < -0.39 is 0 Å². The fraction of sp³-hybridized carbons (Fsp3) is 0. The van der Waals surface area contributed by atoms with E-state index in [-0.39, 0.29) is 5.78 Å². The molecule has 0 spiro atoms. The Morgan fingerprint density at radius 3 is 1.81 bits per heavy atom. The minimum atomic E-state index is 0.0156. The predicted molar refractivity (Wildman–Crippen MR) is 71.7 cm³/mol. The number of carbonyl (C=O) groups excluding carboxylic acids is 1. The molecule has 1 nitrogen and oxygen atoms in total. The van der Waals surface area contributed by atoms with Gasteiger partial charge in [0.25, 0.3) is 0 Å². The highest BCUT2D eigenvalue weighted by Gasteiger charge is 1.91. The summed E-state index contributed by atoms with van der Waals surface area (Å²) in [5.41, 5.74) is 0. The lowest BCUT2D eigenvalue weighted by Gasteiger charge is -1.84. The summed E-state index contributed by atoms with van der Waals surface area (Å²) in [6, 6.07) is 7.90. The monoisotopic (exact) mass is 246 g/mol. The average molecular weight is 246 g/mol. The lowest BCUT2D eigenvalue weighted by molar-refractivity contribution is -0.110. The van der Waals surface area contributed by atoms with Crippen LogP contribution < -0.4 is 0 Å². The van der Waals surface area contributed by atoms with Crippen molar-refractivity contribution < 1.29 is 4.79 Å². The SMILES string of the molecule is O=C(/C=C/c1cccs1)/C=C/c1cccs1. The Hall–Kier alpha value is -1.45. The summed E-state index contributed by atoms with van der Waals surface area (Å²) in [7, 11) is 0. The summed E-state index contributed by atoms with van der Waals surface area (Å²) < 4.78 is 0. The summed E-state index contributed by atoms with van der Waals surface area (Å²) in [5, 5.41) is 3.98. The number of ketones is 1. The second kappa shape index (κ2) is 5.58. The Kier molecular flexibility index (Phi) is 3.86. The minimum absolute atomic E-state index is 0.0156. The standard InChI is InChI=1S/C13H10OS2/c14-11(5-7-12-3-1-9-15-12)6-8-13-4-2-10-16-13/h1-10H/b7-5+,8-6+. The highest BCUT2D eigenvalue weighted by atomic mass is 32.1. The Bertz CT molecular complexity index is 444. The first-order valence-electron chi connectivity index (χ1n) is 4.82. The van der Waals surface area contributed by atoms with Crippen molar-refractivity contribution in [3.05, 3.63) is 56.9 Å². The summed E-state index contributed by atoms with van der Waals surface area (Å²) in [6.07, 6.45) is 6.86. The van der Waals surface area contributed by atoms with Gasteiger partial charge in [-0.25, -0.2) is 0 Å². The second-order valence-corrected chi connectivity index (χ2v) is 5.06. The van der Waals surface area contributed by atoms with Crippen LogP contribution in [0, 0.1) is 0 Å². The zero-order valence-corrected chi connectivity index (χ0v) is 10.1. The lowest BCUT2D eigenvalue weighted by atomic mass is 10.3. The molecule has 0 aliphatic carbocycles. The van der Waals surface area contributed by atoms with Crippen LogP contribution in [0.25, 0.3) is 12.2 Å². The molecule has 80 valence electrons. The van der Waals surface area contributed by atoms with E-state index in [2.05, 4.69) is 0 Å². The first-order chi connectivity index (χ1) is 7.84. The molecule has 0 aliphatic heterocycles. The van der Waals surface area contributed by atoms with Crippen LogP contribution in [0.1, 0.15) is 9.75 Å². The van der Waals surface area contributed by atoms with E-state index in [9.17, 15) is 4.79 Å². The lowest BCUT2D eigenvalue weighted by Crippen LogP contribution is -1.83. The zero-order valence-electron chi connectivity index (χ0n) is 8.50. The highest BCUT2D eigenvalue weighted by molar-refractivity contribution is 7.11. The Morgan fingerprint density at radius 2 is 1.44 bits per heavy atom. The average Bonchev–Trinajstić information content (AvgIpc) is 2.96. The van der Waals surface area contributed by atoms with Crippen LogP contribution in [0.15, 0.2) is 47.2 Å². The van der Waals surface area contributed by atoms with Gasteiger partial charge in [-0.05, 0) is 47.2 Å². The molecule has 2 aromatic rings.